The summed E-state index contributed by atoms with van der Waals surface area (Å²) in [4.78, 5) is 22.3. The summed E-state index contributed by atoms with van der Waals surface area (Å²) < 4.78 is 0. The molecule has 1 unspecified atom stereocenters. The summed E-state index contributed by atoms with van der Waals surface area (Å²) in [6, 6.07) is 0. The van der Waals surface area contributed by atoms with Crippen molar-refractivity contribution in [1.82, 2.24) is 15.2 Å². The highest BCUT2D eigenvalue weighted by molar-refractivity contribution is 7.15. The van der Waals surface area contributed by atoms with Gasteiger partial charge in [-0.1, -0.05) is 0 Å². The number of aryl methyl sites for hydroxylation is 1. The number of thiazole rings is 1. The van der Waals surface area contributed by atoms with E-state index in [1.807, 2.05) is 11.1 Å². The third-order valence-corrected chi connectivity index (χ3v) is 5.41. The Bertz CT molecular complexity index is 476. The summed E-state index contributed by atoms with van der Waals surface area (Å²) in [7, 11) is 0. The first-order chi connectivity index (χ1) is 10.2. The highest BCUT2D eigenvalue weighted by Gasteiger charge is 2.23. The zero-order valence-electron chi connectivity index (χ0n) is 12.7. The van der Waals surface area contributed by atoms with Crippen molar-refractivity contribution >= 4 is 22.4 Å². The lowest BCUT2D eigenvalue weighted by Gasteiger charge is -2.34. The molecule has 1 amide bonds. The number of amides is 1. The SMILES string of the molecule is Cc1cnc(N2CCN(C(=O)CCC3CCNC3)CC2)s1. The Hall–Kier alpha value is -1.14. The Morgan fingerprint density at radius 3 is 2.86 bits per heavy atom. The van der Waals surface area contributed by atoms with Gasteiger partial charge in [-0.2, -0.15) is 0 Å². The lowest BCUT2D eigenvalue weighted by atomic mass is 10.0. The molecule has 0 aromatic carbocycles. The summed E-state index contributed by atoms with van der Waals surface area (Å²) >= 11 is 1.74. The first kappa shape index (κ1) is 14.8. The predicted octanol–water partition coefficient (Wildman–Crippen LogP) is 1.49. The van der Waals surface area contributed by atoms with Crippen LogP contribution in [0, 0.1) is 12.8 Å². The monoisotopic (exact) mass is 308 g/mol. The zero-order valence-corrected chi connectivity index (χ0v) is 13.5. The molecule has 2 aliphatic rings. The van der Waals surface area contributed by atoms with E-state index in [1.165, 1.54) is 11.3 Å². The van der Waals surface area contributed by atoms with Gasteiger partial charge in [0.15, 0.2) is 5.13 Å². The first-order valence-corrected chi connectivity index (χ1v) is 8.70. The van der Waals surface area contributed by atoms with Crippen LogP contribution in [0.5, 0.6) is 0 Å². The summed E-state index contributed by atoms with van der Waals surface area (Å²) in [6.07, 6.45) is 4.90. The van der Waals surface area contributed by atoms with Crippen molar-refractivity contribution in [2.45, 2.75) is 26.2 Å². The summed E-state index contributed by atoms with van der Waals surface area (Å²) in [5.41, 5.74) is 0. The van der Waals surface area contributed by atoms with Gasteiger partial charge in [0.1, 0.15) is 0 Å². The Labute approximate surface area is 130 Å². The molecule has 1 aromatic rings. The molecule has 0 saturated carbocycles. The van der Waals surface area contributed by atoms with Crippen LogP contribution in [0.25, 0.3) is 0 Å². The van der Waals surface area contributed by atoms with E-state index in [4.69, 9.17) is 0 Å². The lowest BCUT2D eigenvalue weighted by Crippen LogP contribution is -2.48. The molecule has 0 radical (unpaired) electrons. The Kier molecular flexibility index (Phi) is 4.75. The molecule has 21 heavy (non-hydrogen) atoms. The quantitative estimate of drug-likeness (QED) is 0.915. The number of anilines is 1. The molecule has 0 aliphatic carbocycles. The fourth-order valence-electron chi connectivity index (χ4n) is 3.08. The molecular formula is C15H24N4OS. The molecule has 3 heterocycles. The van der Waals surface area contributed by atoms with Crippen molar-refractivity contribution in [2.75, 3.05) is 44.2 Å². The normalized spacial score (nSPS) is 22.8. The van der Waals surface area contributed by atoms with Gasteiger partial charge >= 0.3 is 0 Å². The Morgan fingerprint density at radius 2 is 2.24 bits per heavy atom. The molecule has 1 atom stereocenters. The molecule has 5 nitrogen and oxygen atoms in total. The van der Waals surface area contributed by atoms with Crippen molar-refractivity contribution in [1.29, 1.82) is 0 Å². The summed E-state index contributed by atoms with van der Waals surface area (Å²) in [5.74, 6) is 1.03. The maximum atomic E-state index is 12.3. The van der Waals surface area contributed by atoms with Gasteiger partial charge in [-0.05, 0) is 38.8 Å². The Morgan fingerprint density at radius 1 is 1.43 bits per heavy atom. The van der Waals surface area contributed by atoms with Crippen LogP contribution in [0.4, 0.5) is 5.13 Å². The average molecular weight is 308 g/mol. The van der Waals surface area contributed by atoms with Crippen molar-refractivity contribution in [3.63, 3.8) is 0 Å². The number of rotatable bonds is 4. The number of carbonyl (C=O) groups excluding carboxylic acids is 1. The number of aromatic nitrogens is 1. The standard InChI is InChI=1S/C15H24N4OS/c1-12-10-17-15(21-12)19-8-6-18(7-9-19)14(20)3-2-13-4-5-16-11-13/h10,13,16H,2-9,11H2,1H3. The number of carbonyl (C=O) groups is 1. The Balaban J connectivity index is 1.43. The van der Waals surface area contributed by atoms with Gasteiger partial charge in [-0.15, -0.1) is 11.3 Å². The van der Waals surface area contributed by atoms with E-state index in [9.17, 15) is 4.79 Å². The van der Waals surface area contributed by atoms with E-state index in [2.05, 4.69) is 22.1 Å². The number of hydrogen-bond acceptors (Lipinski definition) is 5. The number of nitrogens with zero attached hydrogens (tertiary/aromatic N) is 3. The van der Waals surface area contributed by atoms with Gasteiger partial charge < -0.3 is 15.1 Å². The number of hydrogen-bond donors (Lipinski definition) is 1. The van der Waals surface area contributed by atoms with Crippen LogP contribution in [-0.4, -0.2) is 55.1 Å². The van der Waals surface area contributed by atoms with Gasteiger partial charge in [0.05, 0.1) is 0 Å². The van der Waals surface area contributed by atoms with E-state index in [-0.39, 0.29) is 0 Å². The maximum absolute atomic E-state index is 12.3. The predicted molar refractivity (Wildman–Crippen MR) is 85.9 cm³/mol. The van der Waals surface area contributed by atoms with E-state index in [0.29, 0.717) is 18.2 Å². The average Bonchev–Trinajstić information content (AvgIpc) is 3.16. The fraction of sp³-hybridized carbons (Fsp3) is 0.733. The highest BCUT2D eigenvalue weighted by Crippen LogP contribution is 2.23. The first-order valence-electron chi connectivity index (χ1n) is 7.88. The molecule has 2 fully saturated rings. The second-order valence-electron chi connectivity index (χ2n) is 6.02. The molecule has 0 bridgehead atoms. The molecule has 2 aliphatic heterocycles. The number of nitrogens with one attached hydrogen (secondary N) is 1. The van der Waals surface area contributed by atoms with E-state index < -0.39 is 0 Å². The van der Waals surface area contributed by atoms with Crippen LogP contribution in [0.3, 0.4) is 0 Å². The van der Waals surface area contributed by atoms with Crippen LogP contribution >= 0.6 is 11.3 Å². The largest absolute Gasteiger partial charge is 0.345 e. The van der Waals surface area contributed by atoms with Crippen LogP contribution in [-0.2, 0) is 4.79 Å². The van der Waals surface area contributed by atoms with Gasteiger partial charge in [0, 0.05) is 43.7 Å². The van der Waals surface area contributed by atoms with Crippen molar-refractivity contribution < 1.29 is 4.79 Å². The minimum atomic E-state index is 0.330. The van der Waals surface area contributed by atoms with E-state index in [0.717, 1.165) is 50.8 Å². The van der Waals surface area contributed by atoms with Crippen LogP contribution in [0.2, 0.25) is 0 Å². The zero-order chi connectivity index (χ0) is 14.7. The number of piperazine rings is 1. The van der Waals surface area contributed by atoms with E-state index in [1.54, 1.807) is 11.3 Å². The van der Waals surface area contributed by atoms with Crippen LogP contribution < -0.4 is 10.2 Å². The smallest absolute Gasteiger partial charge is 0.222 e. The van der Waals surface area contributed by atoms with Crippen molar-refractivity contribution in [3.8, 4) is 0 Å². The van der Waals surface area contributed by atoms with E-state index >= 15 is 0 Å². The second-order valence-corrected chi connectivity index (χ2v) is 7.23. The van der Waals surface area contributed by atoms with Gasteiger partial charge in [0.25, 0.3) is 0 Å². The van der Waals surface area contributed by atoms with Gasteiger partial charge in [0.2, 0.25) is 5.91 Å². The minimum absolute atomic E-state index is 0.330. The highest BCUT2D eigenvalue weighted by atomic mass is 32.1. The molecule has 6 heteroatoms. The summed E-state index contributed by atoms with van der Waals surface area (Å²) in [5, 5.41) is 4.46. The van der Waals surface area contributed by atoms with Gasteiger partial charge in [-0.3, -0.25) is 4.79 Å². The molecule has 3 rings (SSSR count). The third kappa shape index (κ3) is 3.74. The van der Waals surface area contributed by atoms with Crippen molar-refractivity contribution in [2.24, 2.45) is 5.92 Å². The maximum Gasteiger partial charge on any atom is 0.222 e. The van der Waals surface area contributed by atoms with Crippen molar-refractivity contribution in [3.05, 3.63) is 11.1 Å². The topological polar surface area (TPSA) is 48.5 Å². The lowest BCUT2D eigenvalue weighted by molar-refractivity contribution is -0.131. The van der Waals surface area contributed by atoms with Crippen LogP contribution in [0.1, 0.15) is 24.1 Å². The van der Waals surface area contributed by atoms with Gasteiger partial charge in [-0.25, -0.2) is 4.98 Å². The fourth-order valence-corrected chi connectivity index (χ4v) is 3.89. The molecule has 0 spiro atoms. The second kappa shape index (κ2) is 6.75. The molecule has 1 N–H and O–H groups in total. The molecule has 1 aromatic heterocycles. The van der Waals surface area contributed by atoms with Crippen LogP contribution in [0.15, 0.2) is 6.20 Å². The molecule has 2 saturated heterocycles. The summed E-state index contributed by atoms with van der Waals surface area (Å²) in [6.45, 7) is 7.77. The third-order valence-electron chi connectivity index (χ3n) is 4.44. The minimum Gasteiger partial charge on any atom is -0.345 e. The molecular weight excluding hydrogens is 284 g/mol. The molecule has 116 valence electrons.